The molecule has 0 heterocycles. The molecule has 0 saturated carbocycles. The van der Waals surface area contributed by atoms with Crippen LogP contribution in [0, 0.1) is 0 Å². The maximum atomic E-state index is 13.6. The molecule has 0 radical (unpaired) electrons. The number of hydrogen-bond donors (Lipinski definition) is 1. The lowest BCUT2D eigenvalue weighted by atomic mass is 10.1. The molecule has 5 nitrogen and oxygen atoms in total. The van der Waals surface area contributed by atoms with Crippen LogP contribution in [0.5, 0.6) is 11.5 Å². The summed E-state index contributed by atoms with van der Waals surface area (Å²) in [6.07, 6.45) is -4.53. The molecule has 0 aliphatic heterocycles. The smallest absolute Gasteiger partial charge is 0.417 e. The Morgan fingerprint density at radius 1 is 0.881 bits per heavy atom. The average Bonchev–Trinajstić information content (AvgIpc) is 2.96. The fourth-order valence-electron chi connectivity index (χ4n) is 4.57. The molecule has 1 N–H and O–H groups in total. The zero-order chi connectivity index (χ0) is 30.0. The molecule has 0 saturated heterocycles. The Bertz CT molecular complexity index is 1430. The molecule has 42 heavy (non-hydrogen) atoms. The van der Waals surface area contributed by atoms with Gasteiger partial charge in [-0.2, -0.15) is 13.2 Å². The summed E-state index contributed by atoms with van der Waals surface area (Å²) in [5.41, 5.74) is 1.05. The van der Waals surface area contributed by atoms with Crippen molar-refractivity contribution in [1.82, 2.24) is 4.90 Å². The molecular weight excluding hydrogens is 567 g/mol. The summed E-state index contributed by atoms with van der Waals surface area (Å²) in [6, 6.07) is 29.9. The van der Waals surface area contributed by atoms with E-state index in [1.807, 2.05) is 65.6 Å². The van der Waals surface area contributed by atoms with Crippen LogP contribution < -0.4 is 9.47 Å². The Morgan fingerprint density at radius 2 is 1.55 bits per heavy atom. The zero-order valence-corrected chi connectivity index (χ0v) is 23.5. The second kappa shape index (κ2) is 14.8. The van der Waals surface area contributed by atoms with Crippen LogP contribution >= 0.6 is 11.6 Å². The fourth-order valence-corrected chi connectivity index (χ4v) is 4.86. The second-order valence-electron chi connectivity index (χ2n) is 9.76. The standard InChI is InChI=1S/C33H31ClF3NO4/c34-32-26(13-8-17-29(32)33(35,36)37)22-38(18-9-19-41-28-16-7-10-24(20-28)21-31(39)40)23-30(25-11-3-1-4-12-25)42-27-14-5-2-6-15-27/h1-8,10-17,20,30H,9,18-19,21-23H2,(H,39,40)/t30-/m0/s1. The first-order chi connectivity index (χ1) is 20.2. The van der Waals surface area contributed by atoms with Gasteiger partial charge in [0.25, 0.3) is 0 Å². The van der Waals surface area contributed by atoms with E-state index in [2.05, 4.69) is 0 Å². The summed E-state index contributed by atoms with van der Waals surface area (Å²) in [5.74, 6) is 0.297. The molecule has 0 spiro atoms. The van der Waals surface area contributed by atoms with Crippen molar-refractivity contribution in [2.75, 3.05) is 19.7 Å². The number of carboxylic acids is 1. The number of rotatable bonds is 14. The van der Waals surface area contributed by atoms with Crippen LogP contribution in [0.3, 0.4) is 0 Å². The summed E-state index contributed by atoms with van der Waals surface area (Å²) in [5, 5.41) is 8.74. The van der Waals surface area contributed by atoms with Gasteiger partial charge in [0.1, 0.15) is 17.6 Å². The van der Waals surface area contributed by atoms with E-state index in [1.54, 1.807) is 30.3 Å². The number of alkyl halides is 3. The molecule has 0 aliphatic carbocycles. The van der Waals surface area contributed by atoms with Gasteiger partial charge in [-0.1, -0.05) is 84.4 Å². The van der Waals surface area contributed by atoms with E-state index in [0.29, 0.717) is 48.7 Å². The Balaban J connectivity index is 1.53. The predicted molar refractivity (Wildman–Crippen MR) is 156 cm³/mol. The van der Waals surface area contributed by atoms with Crippen LogP contribution in [0.15, 0.2) is 103 Å². The van der Waals surface area contributed by atoms with Crippen molar-refractivity contribution < 1.29 is 32.5 Å². The average molecular weight is 598 g/mol. The number of benzene rings is 4. The van der Waals surface area contributed by atoms with Gasteiger partial charge in [0, 0.05) is 19.6 Å². The minimum Gasteiger partial charge on any atom is -0.494 e. The van der Waals surface area contributed by atoms with Crippen molar-refractivity contribution in [3.8, 4) is 11.5 Å². The van der Waals surface area contributed by atoms with Gasteiger partial charge in [0.2, 0.25) is 0 Å². The van der Waals surface area contributed by atoms with E-state index in [4.69, 9.17) is 26.2 Å². The van der Waals surface area contributed by atoms with Crippen molar-refractivity contribution >= 4 is 17.6 Å². The fraction of sp³-hybridized carbons (Fsp3) is 0.242. The van der Waals surface area contributed by atoms with E-state index in [9.17, 15) is 18.0 Å². The number of carboxylic acid groups (broad SMARTS) is 1. The second-order valence-corrected chi connectivity index (χ2v) is 10.1. The molecular formula is C33H31ClF3NO4. The topological polar surface area (TPSA) is 59.0 Å². The SMILES string of the molecule is O=C(O)Cc1cccc(OCCCN(Cc2cccc(C(F)(F)F)c2Cl)C[C@H](Oc2ccccc2)c2ccccc2)c1. The first-order valence-electron chi connectivity index (χ1n) is 13.5. The van der Waals surface area contributed by atoms with Gasteiger partial charge in [-0.05, 0) is 53.4 Å². The highest BCUT2D eigenvalue weighted by Gasteiger charge is 2.34. The molecule has 220 valence electrons. The quantitative estimate of drug-likeness (QED) is 0.149. The highest BCUT2D eigenvalue weighted by molar-refractivity contribution is 6.32. The molecule has 4 rings (SSSR count). The number of aliphatic carboxylic acids is 1. The maximum absolute atomic E-state index is 13.6. The summed E-state index contributed by atoms with van der Waals surface area (Å²) in [7, 11) is 0. The Labute approximate surface area is 248 Å². The number of para-hydroxylation sites is 1. The van der Waals surface area contributed by atoms with E-state index < -0.39 is 23.8 Å². The molecule has 0 aliphatic rings. The summed E-state index contributed by atoms with van der Waals surface area (Å²) >= 11 is 6.27. The monoisotopic (exact) mass is 597 g/mol. The van der Waals surface area contributed by atoms with Crippen molar-refractivity contribution in [2.45, 2.75) is 31.7 Å². The molecule has 0 bridgehead atoms. The molecule has 4 aromatic carbocycles. The number of halogens is 4. The summed E-state index contributed by atoms with van der Waals surface area (Å²) in [6.45, 7) is 1.33. The highest BCUT2D eigenvalue weighted by atomic mass is 35.5. The minimum absolute atomic E-state index is 0.106. The van der Waals surface area contributed by atoms with Gasteiger partial charge in [0.15, 0.2) is 0 Å². The Morgan fingerprint density at radius 3 is 2.24 bits per heavy atom. The summed E-state index contributed by atoms with van der Waals surface area (Å²) < 4.78 is 53.0. The lowest BCUT2D eigenvalue weighted by molar-refractivity contribution is -0.138. The highest BCUT2D eigenvalue weighted by Crippen LogP contribution is 2.37. The van der Waals surface area contributed by atoms with Crippen LogP contribution in [0.4, 0.5) is 13.2 Å². The van der Waals surface area contributed by atoms with Crippen molar-refractivity contribution in [3.05, 3.63) is 130 Å². The van der Waals surface area contributed by atoms with E-state index in [-0.39, 0.29) is 18.0 Å². The van der Waals surface area contributed by atoms with Crippen molar-refractivity contribution in [1.29, 1.82) is 0 Å². The number of hydrogen-bond acceptors (Lipinski definition) is 4. The van der Waals surface area contributed by atoms with Crippen LogP contribution in [0.2, 0.25) is 5.02 Å². The molecule has 9 heteroatoms. The first kappa shape index (κ1) is 30.9. The maximum Gasteiger partial charge on any atom is 0.417 e. The van der Waals surface area contributed by atoms with Crippen LogP contribution in [0.1, 0.15) is 34.8 Å². The van der Waals surface area contributed by atoms with Gasteiger partial charge >= 0.3 is 12.1 Å². The van der Waals surface area contributed by atoms with Gasteiger partial charge in [-0.3, -0.25) is 9.69 Å². The van der Waals surface area contributed by atoms with E-state index in [0.717, 1.165) is 11.6 Å². The Kier molecular flexibility index (Phi) is 10.9. The lowest BCUT2D eigenvalue weighted by Gasteiger charge is -2.29. The normalized spacial score (nSPS) is 12.2. The van der Waals surface area contributed by atoms with Crippen LogP contribution in [0.25, 0.3) is 0 Å². The van der Waals surface area contributed by atoms with Crippen molar-refractivity contribution in [2.24, 2.45) is 0 Å². The predicted octanol–water partition coefficient (Wildman–Crippen LogP) is 8.08. The molecule has 1 atom stereocenters. The van der Waals surface area contributed by atoms with Crippen LogP contribution in [-0.2, 0) is 23.9 Å². The van der Waals surface area contributed by atoms with E-state index >= 15 is 0 Å². The lowest BCUT2D eigenvalue weighted by Crippen LogP contribution is -2.32. The molecule has 0 aromatic heterocycles. The minimum atomic E-state index is -4.57. The van der Waals surface area contributed by atoms with Gasteiger partial charge in [0.05, 0.1) is 23.6 Å². The third-order valence-corrected chi connectivity index (χ3v) is 6.98. The van der Waals surface area contributed by atoms with E-state index in [1.165, 1.54) is 6.07 Å². The third-order valence-electron chi connectivity index (χ3n) is 6.54. The third kappa shape index (κ3) is 9.26. The van der Waals surface area contributed by atoms with Crippen LogP contribution in [-0.4, -0.2) is 35.7 Å². The molecule has 0 unspecified atom stereocenters. The van der Waals surface area contributed by atoms with Gasteiger partial charge in [-0.15, -0.1) is 0 Å². The van der Waals surface area contributed by atoms with Gasteiger partial charge in [-0.25, -0.2) is 0 Å². The number of carbonyl (C=O) groups is 1. The summed E-state index contributed by atoms with van der Waals surface area (Å²) in [4.78, 5) is 13.0. The Hall–Kier alpha value is -4.01. The zero-order valence-electron chi connectivity index (χ0n) is 22.8. The molecule has 0 fully saturated rings. The number of nitrogens with zero attached hydrogens (tertiary/aromatic N) is 1. The largest absolute Gasteiger partial charge is 0.494 e. The molecule has 0 amide bonds. The first-order valence-corrected chi connectivity index (χ1v) is 13.8. The molecule has 4 aromatic rings. The van der Waals surface area contributed by atoms with Gasteiger partial charge < -0.3 is 14.6 Å². The number of ether oxygens (including phenoxy) is 2. The van der Waals surface area contributed by atoms with Crippen molar-refractivity contribution in [3.63, 3.8) is 0 Å².